The first-order valence-corrected chi connectivity index (χ1v) is 10.8. The van der Waals surface area contributed by atoms with Crippen LogP contribution in [0.15, 0.2) is 24.5 Å². The topological polar surface area (TPSA) is 56.7 Å². The summed E-state index contributed by atoms with van der Waals surface area (Å²) in [6.45, 7) is 3.80. The summed E-state index contributed by atoms with van der Waals surface area (Å²) in [7, 11) is 0. The molecule has 3 fully saturated rings. The van der Waals surface area contributed by atoms with Crippen molar-refractivity contribution in [2.45, 2.75) is 69.4 Å². The van der Waals surface area contributed by atoms with Crippen LogP contribution < -0.4 is 0 Å². The number of carbonyl (C=O) groups excluding carboxylic acids is 1. The van der Waals surface area contributed by atoms with Gasteiger partial charge in [-0.3, -0.25) is 9.78 Å². The second kappa shape index (κ2) is 8.27. The fourth-order valence-electron chi connectivity index (χ4n) is 5.43. The van der Waals surface area contributed by atoms with Crippen LogP contribution >= 0.6 is 0 Å². The van der Waals surface area contributed by atoms with Crippen molar-refractivity contribution in [1.82, 2.24) is 14.8 Å². The Morgan fingerprint density at radius 3 is 2.74 bits per heavy atom. The Morgan fingerprint density at radius 2 is 1.96 bits per heavy atom. The molecule has 1 N–H and O–H groups in total. The van der Waals surface area contributed by atoms with E-state index in [1.165, 1.54) is 45.2 Å². The maximum absolute atomic E-state index is 12.8. The van der Waals surface area contributed by atoms with Gasteiger partial charge in [0.2, 0.25) is 5.91 Å². The van der Waals surface area contributed by atoms with Crippen LogP contribution in [0.2, 0.25) is 0 Å². The number of pyridine rings is 1. The van der Waals surface area contributed by atoms with Crippen molar-refractivity contribution >= 4 is 5.91 Å². The number of nitrogens with zero attached hydrogens (tertiary/aromatic N) is 3. The lowest BCUT2D eigenvalue weighted by atomic mass is 9.81. The molecule has 0 spiro atoms. The van der Waals surface area contributed by atoms with Gasteiger partial charge in [0.15, 0.2) is 0 Å². The number of hydrogen-bond donors (Lipinski definition) is 1. The lowest BCUT2D eigenvalue weighted by Gasteiger charge is -2.44. The van der Waals surface area contributed by atoms with E-state index in [-0.39, 0.29) is 5.91 Å². The predicted octanol–water partition coefficient (Wildman–Crippen LogP) is 2.94. The van der Waals surface area contributed by atoms with Crippen molar-refractivity contribution in [1.29, 1.82) is 0 Å². The number of amides is 1. The summed E-state index contributed by atoms with van der Waals surface area (Å²) in [6.07, 6.45) is 13.0. The van der Waals surface area contributed by atoms with Crippen molar-refractivity contribution in [3.05, 3.63) is 30.1 Å². The first-order valence-electron chi connectivity index (χ1n) is 10.8. The quantitative estimate of drug-likeness (QED) is 0.884. The molecule has 3 aliphatic heterocycles. The minimum Gasteiger partial charge on any atom is -0.385 e. The zero-order valence-corrected chi connectivity index (χ0v) is 16.4. The molecular formula is C22H33N3O2. The van der Waals surface area contributed by atoms with Gasteiger partial charge in [-0.2, -0.15) is 0 Å². The van der Waals surface area contributed by atoms with E-state index in [0.717, 1.165) is 18.0 Å². The molecule has 27 heavy (non-hydrogen) atoms. The summed E-state index contributed by atoms with van der Waals surface area (Å²) < 4.78 is 0. The molecule has 5 heteroatoms. The van der Waals surface area contributed by atoms with Crippen molar-refractivity contribution in [3.8, 4) is 0 Å². The van der Waals surface area contributed by atoms with Crippen LogP contribution in [0, 0.1) is 5.92 Å². The molecule has 0 aliphatic carbocycles. The molecule has 0 bridgehead atoms. The molecule has 1 aromatic rings. The smallest absolute Gasteiger partial charge is 0.222 e. The third-order valence-corrected chi connectivity index (χ3v) is 7.10. The average molecular weight is 372 g/mol. The standard InChI is InChI=1S/C22H33N3O2/c26-21(9-8-18-5-4-14-24-13-2-1-7-20(18)24)25-15-10-22(27,11-16-25)19-6-3-12-23-17-19/h3,6,12,17-18,20,27H,1-2,4-5,7-11,13-16H2/t18-,20+/m0/s1. The number of carbonyl (C=O) groups is 1. The van der Waals surface area contributed by atoms with Gasteiger partial charge in [-0.05, 0) is 70.0 Å². The number of hydrogen-bond acceptors (Lipinski definition) is 4. The zero-order chi connectivity index (χ0) is 18.7. The van der Waals surface area contributed by atoms with Crippen LogP contribution in [0.3, 0.4) is 0 Å². The van der Waals surface area contributed by atoms with E-state index in [1.54, 1.807) is 12.4 Å². The van der Waals surface area contributed by atoms with E-state index in [0.29, 0.717) is 38.3 Å². The molecule has 3 saturated heterocycles. The maximum Gasteiger partial charge on any atom is 0.222 e. The van der Waals surface area contributed by atoms with Crippen LogP contribution in [-0.4, -0.2) is 58.0 Å². The van der Waals surface area contributed by atoms with Gasteiger partial charge >= 0.3 is 0 Å². The Balaban J connectivity index is 1.27. The van der Waals surface area contributed by atoms with Gasteiger partial charge in [0, 0.05) is 43.5 Å². The highest BCUT2D eigenvalue weighted by Crippen LogP contribution is 2.35. The molecule has 0 radical (unpaired) electrons. The summed E-state index contributed by atoms with van der Waals surface area (Å²) in [5, 5.41) is 10.9. The van der Waals surface area contributed by atoms with Gasteiger partial charge in [-0.15, -0.1) is 0 Å². The van der Waals surface area contributed by atoms with Crippen molar-refractivity contribution < 1.29 is 9.90 Å². The van der Waals surface area contributed by atoms with Gasteiger partial charge in [-0.1, -0.05) is 12.5 Å². The number of fused-ring (bicyclic) bond motifs is 1. The highest BCUT2D eigenvalue weighted by Gasteiger charge is 2.36. The van der Waals surface area contributed by atoms with Crippen LogP contribution in [0.5, 0.6) is 0 Å². The Labute approximate surface area is 162 Å². The van der Waals surface area contributed by atoms with Crippen molar-refractivity contribution in [2.24, 2.45) is 5.92 Å². The summed E-state index contributed by atoms with van der Waals surface area (Å²) in [5.41, 5.74) is 0.0356. The summed E-state index contributed by atoms with van der Waals surface area (Å²) in [6, 6.07) is 4.52. The molecule has 4 rings (SSSR count). The van der Waals surface area contributed by atoms with Gasteiger partial charge in [0.25, 0.3) is 0 Å². The predicted molar refractivity (Wildman–Crippen MR) is 105 cm³/mol. The molecule has 0 aromatic carbocycles. The van der Waals surface area contributed by atoms with E-state index in [4.69, 9.17) is 0 Å². The van der Waals surface area contributed by atoms with E-state index < -0.39 is 5.60 Å². The van der Waals surface area contributed by atoms with Crippen molar-refractivity contribution in [3.63, 3.8) is 0 Å². The highest BCUT2D eigenvalue weighted by atomic mass is 16.3. The molecule has 148 valence electrons. The minimum atomic E-state index is -0.836. The normalized spacial score (nSPS) is 28.6. The van der Waals surface area contributed by atoms with Crippen LogP contribution in [0.1, 0.15) is 63.4 Å². The zero-order valence-electron chi connectivity index (χ0n) is 16.4. The molecule has 3 aliphatic rings. The van der Waals surface area contributed by atoms with Gasteiger partial charge < -0.3 is 14.9 Å². The molecular weight excluding hydrogens is 338 g/mol. The summed E-state index contributed by atoms with van der Waals surface area (Å²) in [5.74, 6) is 0.969. The van der Waals surface area contributed by atoms with Gasteiger partial charge in [-0.25, -0.2) is 0 Å². The fourth-order valence-corrected chi connectivity index (χ4v) is 5.43. The van der Waals surface area contributed by atoms with E-state index >= 15 is 0 Å². The SMILES string of the molecule is O=C(CC[C@@H]1CCCN2CCCC[C@H]12)N1CCC(O)(c2cccnc2)CC1. The lowest BCUT2D eigenvalue weighted by molar-refractivity contribution is -0.136. The third kappa shape index (κ3) is 4.19. The molecule has 1 aromatic heterocycles. The maximum atomic E-state index is 12.8. The Morgan fingerprint density at radius 1 is 1.15 bits per heavy atom. The number of rotatable bonds is 4. The molecule has 5 nitrogen and oxygen atoms in total. The number of aromatic nitrogens is 1. The lowest BCUT2D eigenvalue weighted by Crippen LogP contribution is -2.48. The second-order valence-corrected chi connectivity index (χ2v) is 8.69. The number of aliphatic hydroxyl groups is 1. The molecule has 0 saturated carbocycles. The summed E-state index contributed by atoms with van der Waals surface area (Å²) >= 11 is 0. The minimum absolute atomic E-state index is 0.274. The fraction of sp³-hybridized carbons (Fsp3) is 0.727. The molecule has 4 heterocycles. The average Bonchev–Trinajstić information content (AvgIpc) is 2.73. The van der Waals surface area contributed by atoms with E-state index in [2.05, 4.69) is 9.88 Å². The van der Waals surface area contributed by atoms with Crippen LogP contribution in [0.25, 0.3) is 0 Å². The van der Waals surface area contributed by atoms with Crippen molar-refractivity contribution in [2.75, 3.05) is 26.2 Å². The Kier molecular flexibility index (Phi) is 5.79. The summed E-state index contributed by atoms with van der Waals surface area (Å²) in [4.78, 5) is 21.5. The third-order valence-electron chi connectivity index (χ3n) is 7.10. The molecule has 2 atom stereocenters. The van der Waals surface area contributed by atoms with E-state index in [1.807, 2.05) is 17.0 Å². The molecule has 1 amide bonds. The Hall–Kier alpha value is -1.46. The first-order chi connectivity index (χ1) is 13.2. The Bertz CT molecular complexity index is 626. The van der Waals surface area contributed by atoms with Crippen LogP contribution in [0.4, 0.5) is 0 Å². The number of likely N-dealkylation sites (tertiary alicyclic amines) is 1. The highest BCUT2D eigenvalue weighted by molar-refractivity contribution is 5.76. The van der Waals surface area contributed by atoms with E-state index in [9.17, 15) is 9.90 Å². The largest absolute Gasteiger partial charge is 0.385 e. The first kappa shape index (κ1) is 18.9. The van der Waals surface area contributed by atoms with Gasteiger partial charge in [0.05, 0.1) is 5.60 Å². The molecule has 0 unspecified atom stereocenters. The van der Waals surface area contributed by atoms with Gasteiger partial charge in [0.1, 0.15) is 0 Å². The number of piperidine rings is 3. The second-order valence-electron chi connectivity index (χ2n) is 8.69. The van der Waals surface area contributed by atoms with Crippen LogP contribution in [-0.2, 0) is 10.4 Å². The monoisotopic (exact) mass is 371 g/mol.